The molecule has 5 heteroatoms. The molecule has 0 atom stereocenters. The van der Waals surface area contributed by atoms with Crippen molar-refractivity contribution in [2.45, 2.75) is 13.8 Å². The number of methoxy groups -OCH3 is 1. The molecule has 25 heavy (non-hydrogen) atoms. The minimum absolute atomic E-state index is 0.216. The molecule has 1 aromatic heterocycles. The van der Waals surface area contributed by atoms with Crippen molar-refractivity contribution >= 4 is 34.0 Å². The maximum Gasteiger partial charge on any atom is 0.230 e. The Kier molecular flexibility index (Phi) is 5.00. The molecule has 0 radical (unpaired) electrons. The monoisotopic (exact) mass is 357 g/mol. The van der Waals surface area contributed by atoms with Gasteiger partial charge >= 0.3 is 0 Å². The fourth-order valence-corrected chi connectivity index (χ4v) is 2.88. The van der Waals surface area contributed by atoms with Gasteiger partial charge in [-0.3, -0.25) is 4.79 Å². The van der Waals surface area contributed by atoms with Crippen LogP contribution in [0.5, 0.6) is 5.75 Å². The van der Waals surface area contributed by atoms with Crippen LogP contribution in [-0.4, -0.2) is 19.4 Å². The molecular weight excluding hydrogens is 338 g/mol. The number of nitrogens with one attached hydrogen (secondary N) is 1. The molecule has 4 nitrogen and oxygen atoms in total. The topological polar surface area (TPSA) is 51.5 Å². The average molecular weight is 358 g/mol. The Morgan fingerprint density at radius 2 is 2.00 bits per heavy atom. The van der Waals surface area contributed by atoms with E-state index >= 15 is 0 Å². The summed E-state index contributed by atoms with van der Waals surface area (Å²) in [5, 5.41) is 4.64. The van der Waals surface area contributed by atoms with Gasteiger partial charge in [0.1, 0.15) is 11.3 Å². The quantitative estimate of drug-likeness (QED) is 0.600. The molecule has 2 aromatic carbocycles. The average Bonchev–Trinajstić information content (AvgIpc) is 2.97. The van der Waals surface area contributed by atoms with Gasteiger partial charge in [-0.25, -0.2) is 0 Å². The summed E-state index contributed by atoms with van der Waals surface area (Å²) in [5.74, 6) is 1.04. The van der Waals surface area contributed by atoms with Gasteiger partial charge in [0.2, 0.25) is 5.78 Å². The number of para-hydroxylation sites is 1. The van der Waals surface area contributed by atoms with E-state index in [0.717, 1.165) is 17.6 Å². The number of anilines is 1. The highest BCUT2D eigenvalue weighted by molar-refractivity contribution is 6.32. The minimum Gasteiger partial charge on any atom is -0.495 e. The van der Waals surface area contributed by atoms with Crippen LogP contribution in [0.3, 0.4) is 0 Å². The first-order valence-electron chi connectivity index (χ1n) is 8.15. The minimum atomic E-state index is -0.216. The van der Waals surface area contributed by atoms with E-state index in [9.17, 15) is 4.79 Å². The van der Waals surface area contributed by atoms with Gasteiger partial charge in [-0.2, -0.15) is 0 Å². The molecule has 3 rings (SSSR count). The van der Waals surface area contributed by atoms with Crippen LogP contribution in [0, 0.1) is 5.92 Å². The van der Waals surface area contributed by atoms with Crippen molar-refractivity contribution < 1.29 is 13.9 Å². The lowest BCUT2D eigenvalue weighted by molar-refractivity contribution is 0.101. The fraction of sp³-hybridized carbons (Fsp3) is 0.250. The molecule has 0 bridgehead atoms. The van der Waals surface area contributed by atoms with E-state index in [1.165, 1.54) is 7.11 Å². The third-order valence-electron chi connectivity index (χ3n) is 3.90. The van der Waals surface area contributed by atoms with Gasteiger partial charge in [-0.1, -0.05) is 37.6 Å². The van der Waals surface area contributed by atoms with E-state index in [-0.39, 0.29) is 5.78 Å². The summed E-state index contributed by atoms with van der Waals surface area (Å²) in [7, 11) is 1.54. The zero-order chi connectivity index (χ0) is 18.0. The molecular formula is C20H20ClNO3. The maximum absolute atomic E-state index is 13.0. The zero-order valence-corrected chi connectivity index (χ0v) is 15.2. The molecule has 1 N–H and O–H groups in total. The first-order valence-corrected chi connectivity index (χ1v) is 8.52. The summed E-state index contributed by atoms with van der Waals surface area (Å²) in [6, 6.07) is 12.6. The second-order valence-electron chi connectivity index (χ2n) is 6.26. The molecule has 0 saturated carbocycles. The Labute approximate surface area is 151 Å². The second-order valence-corrected chi connectivity index (χ2v) is 6.66. The van der Waals surface area contributed by atoms with E-state index in [1.807, 2.05) is 24.3 Å². The van der Waals surface area contributed by atoms with Crippen molar-refractivity contribution in [1.29, 1.82) is 0 Å². The van der Waals surface area contributed by atoms with Crippen LogP contribution >= 0.6 is 11.6 Å². The Bertz CT molecular complexity index is 914. The van der Waals surface area contributed by atoms with E-state index < -0.39 is 0 Å². The van der Waals surface area contributed by atoms with Gasteiger partial charge in [-0.05, 0) is 36.2 Å². The van der Waals surface area contributed by atoms with E-state index in [2.05, 4.69) is 19.2 Å². The highest BCUT2D eigenvalue weighted by atomic mass is 35.5. The highest BCUT2D eigenvalue weighted by Crippen LogP contribution is 2.34. The highest BCUT2D eigenvalue weighted by Gasteiger charge is 2.22. The SMILES string of the molecule is COc1ccc(C(=O)c2oc3ccccc3c2NCC(C)C)cc1Cl. The summed E-state index contributed by atoms with van der Waals surface area (Å²) in [6.45, 7) is 4.97. The van der Waals surface area contributed by atoms with E-state index in [0.29, 0.717) is 33.6 Å². The predicted octanol–water partition coefficient (Wildman–Crippen LogP) is 5.39. The van der Waals surface area contributed by atoms with Crippen molar-refractivity contribution in [1.82, 2.24) is 0 Å². The number of hydrogen-bond acceptors (Lipinski definition) is 4. The smallest absolute Gasteiger partial charge is 0.230 e. The number of hydrogen-bond donors (Lipinski definition) is 1. The maximum atomic E-state index is 13.0. The number of carbonyl (C=O) groups is 1. The number of ketones is 1. The van der Waals surface area contributed by atoms with Crippen LogP contribution < -0.4 is 10.1 Å². The number of carbonyl (C=O) groups excluding carboxylic acids is 1. The Hall–Kier alpha value is -2.46. The van der Waals surface area contributed by atoms with Crippen molar-refractivity contribution in [3.63, 3.8) is 0 Å². The molecule has 0 saturated heterocycles. The van der Waals surface area contributed by atoms with Crippen LogP contribution in [0.4, 0.5) is 5.69 Å². The largest absolute Gasteiger partial charge is 0.495 e. The number of rotatable bonds is 6. The second kappa shape index (κ2) is 7.19. The van der Waals surface area contributed by atoms with Crippen molar-refractivity contribution in [2.24, 2.45) is 5.92 Å². The Morgan fingerprint density at radius 3 is 2.68 bits per heavy atom. The summed E-state index contributed by atoms with van der Waals surface area (Å²) in [4.78, 5) is 13.0. The van der Waals surface area contributed by atoms with Gasteiger partial charge in [0.05, 0.1) is 17.8 Å². The number of furan rings is 1. The first kappa shape index (κ1) is 17.4. The van der Waals surface area contributed by atoms with Crippen molar-refractivity contribution in [2.75, 3.05) is 19.0 Å². The molecule has 0 aliphatic carbocycles. The molecule has 0 spiro atoms. The number of benzene rings is 2. The molecule has 130 valence electrons. The van der Waals surface area contributed by atoms with Gasteiger partial charge in [0, 0.05) is 17.5 Å². The van der Waals surface area contributed by atoms with Crippen LogP contribution in [0.2, 0.25) is 5.02 Å². The number of halogens is 1. The zero-order valence-electron chi connectivity index (χ0n) is 14.4. The number of fused-ring (bicyclic) bond motifs is 1. The lowest BCUT2D eigenvalue weighted by Gasteiger charge is -2.10. The summed E-state index contributed by atoms with van der Waals surface area (Å²) in [6.07, 6.45) is 0. The molecule has 0 unspecified atom stereocenters. The van der Waals surface area contributed by atoms with Crippen LogP contribution in [0.1, 0.15) is 30.0 Å². The van der Waals surface area contributed by atoms with Gasteiger partial charge in [0.25, 0.3) is 0 Å². The third-order valence-corrected chi connectivity index (χ3v) is 4.20. The Morgan fingerprint density at radius 1 is 1.24 bits per heavy atom. The van der Waals surface area contributed by atoms with Crippen molar-refractivity contribution in [3.05, 3.63) is 58.8 Å². The molecule has 0 fully saturated rings. The van der Waals surface area contributed by atoms with Crippen molar-refractivity contribution in [3.8, 4) is 5.75 Å². The summed E-state index contributed by atoms with van der Waals surface area (Å²) >= 11 is 6.16. The van der Waals surface area contributed by atoms with E-state index in [4.69, 9.17) is 20.8 Å². The molecule has 3 aromatic rings. The van der Waals surface area contributed by atoms with Gasteiger partial charge < -0.3 is 14.5 Å². The van der Waals surface area contributed by atoms with Gasteiger partial charge in [-0.15, -0.1) is 0 Å². The molecule has 0 aliphatic rings. The van der Waals surface area contributed by atoms with Gasteiger partial charge in [0.15, 0.2) is 5.76 Å². The van der Waals surface area contributed by atoms with Crippen LogP contribution in [0.25, 0.3) is 11.0 Å². The normalized spacial score (nSPS) is 11.1. The lowest BCUT2D eigenvalue weighted by Crippen LogP contribution is -2.11. The number of ether oxygens (including phenoxy) is 1. The van der Waals surface area contributed by atoms with Crippen LogP contribution in [0.15, 0.2) is 46.9 Å². The summed E-state index contributed by atoms with van der Waals surface area (Å²) < 4.78 is 11.0. The first-order chi connectivity index (χ1) is 12.0. The third kappa shape index (κ3) is 3.49. The molecule has 0 aliphatic heterocycles. The standard InChI is InChI=1S/C20H20ClNO3/c1-12(2)11-22-18-14-6-4-5-7-16(14)25-20(18)19(23)13-8-9-17(24-3)15(21)10-13/h4-10,12,22H,11H2,1-3H3. The lowest BCUT2D eigenvalue weighted by atomic mass is 10.1. The Balaban J connectivity index is 2.05. The van der Waals surface area contributed by atoms with E-state index in [1.54, 1.807) is 18.2 Å². The predicted molar refractivity (Wildman–Crippen MR) is 101 cm³/mol. The summed E-state index contributed by atoms with van der Waals surface area (Å²) in [5.41, 5.74) is 1.86. The van der Waals surface area contributed by atoms with Crippen LogP contribution in [-0.2, 0) is 0 Å². The molecule has 1 heterocycles. The molecule has 0 amide bonds. The fourth-order valence-electron chi connectivity index (χ4n) is 2.63.